The third kappa shape index (κ3) is 4.67. The minimum absolute atomic E-state index is 0.168. The molecule has 0 saturated heterocycles. The molecule has 2 heterocycles. The van der Waals surface area contributed by atoms with Gasteiger partial charge in [-0.05, 0) is 42.3 Å². The van der Waals surface area contributed by atoms with Crippen molar-refractivity contribution in [3.8, 4) is 5.75 Å². The molecule has 4 rings (SSSR count). The van der Waals surface area contributed by atoms with E-state index in [4.69, 9.17) is 10.5 Å². The molecule has 0 aliphatic carbocycles. The van der Waals surface area contributed by atoms with Crippen LogP contribution < -0.4 is 15.9 Å². The van der Waals surface area contributed by atoms with E-state index in [1.165, 1.54) is 29.5 Å². The maximum absolute atomic E-state index is 12.5. The van der Waals surface area contributed by atoms with Crippen LogP contribution in [-0.2, 0) is 25.8 Å². The normalized spacial score (nSPS) is 11.1. The minimum atomic E-state index is -0.564. The highest BCUT2D eigenvalue weighted by molar-refractivity contribution is 7.98. The van der Waals surface area contributed by atoms with Gasteiger partial charge in [0.2, 0.25) is 5.91 Å². The summed E-state index contributed by atoms with van der Waals surface area (Å²) in [5.74, 6) is 1.44. The van der Waals surface area contributed by atoms with E-state index in [-0.39, 0.29) is 5.43 Å². The van der Waals surface area contributed by atoms with Crippen LogP contribution in [0.2, 0.25) is 0 Å². The summed E-state index contributed by atoms with van der Waals surface area (Å²) in [4.78, 5) is 27.1. The van der Waals surface area contributed by atoms with E-state index in [1.807, 2.05) is 35.9 Å². The van der Waals surface area contributed by atoms with Crippen molar-refractivity contribution in [2.45, 2.75) is 30.9 Å². The van der Waals surface area contributed by atoms with Gasteiger partial charge in [-0.1, -0.05) is 30.8 Å². The molecule has 2 aromatic carbocycles. The number of benzene rings is 2. The van der Waals surface area contributed by atoms with E-state index < -0.39 is 5.91 Å². The Kier molecular flexibility index (Phi) is 6.27. The van der Waals surface area contributed by atoms with E-state index in [0.29, 0.717) is 34.7 Å². The zero-order chi connectivity index (χ0) is 22.7. The quantitative estimate of drug-likeness (QED) is 0.399. The van der Waals surface area contributed by atoms with Crippen LogP contribution in [0.4, 0.5) is 0 Å². The molecule has 1 amide bonds. The van der Waals surface area contributed by atoms with Gasteiger partial charge in [-0.2, -0.15) is 0 Å². The topological polar surface area (TPSA) is 116 Å². The Bertz CT molecular complexity index is 1330. The maximum atomic E-state index is 12.5. The first kappa shape index (κ1) is 21.6. The van der Waals surface area contributed by atoms with E-state index >= 15 is 0 Å². The molecule has 0 saturated carbocycles. The number of thioether (sulfide) groups is 1. The standard InChI is InChI=1S/C23H23N5O3S/c1-3-14-4-7-17(8-5-14)31-12-21-26-27-23(28(21)2)32-13-16-11-20(29)18-10-15(22(24)30)6-9-19(18)25-16/h4-11H,3,12-13H2,1-2H3,(H2,24,30)(H,25,29). The summed E-state index contributed by atoms with van der Waals surface area (Å²) in [6, 6.07) is 14.3. The average molecular weight is 450 g/mol. The second kappa shape index (κ2) is 9.27. The van der Waals surface area contributed by atoms with Crippen LogP contribution in [-0.4, -0.2) is 25.7 Å². The first-order chi connectivity index (χ1) is 15.4. The third-order valence-electron chi connectivity index (χ3n) is 5.15. The average Bonchev–Trinajstić information content (AvgIpc) is 3.15. The van der Waals surface area contributed by atoms with Crippen LogP contribution in [0.25, 0.3) is 10.9 Å². The fourth-order valence-corrected chi connectivity index (χ4v) is 4.08. The monoisotopic (exact) mass is 449 g/mol. The Balaban J connectivity index is 1.43. The molecule has 0 aliphatic heterocycles. The van der Waals surface area contributed by atoms with Gasteiger partial charge in [0.15, 0.2) is 16.4 Å². The zero-order valence-electron chi connectivity index (χ0n) is 17.8. The lowest BCUT2D eigenvalue weighted by Gasteiger charge is -2.08. The van der Waals surface area contributed by atoms with Crippen molar-refractivity contribution in [1.29, 1.82) is 0 Å². The third-order valence-corrected chi connectivity index (χ3v) is 6.22. The van der Waals surface area contributed by atoms with E-state index in [9.17, 15) is 9.59 Å². The Morgan fingerprint density at radius 3 is 2.66 bits per heavy atom. The number of H-pyrrole nitrogens is 1. The molecule has 0 spiro atoms. The van der Waals surface area contributed by atoms with Gasteiger partial charge in [-0.25, -0.2) is 0 Å². The zero-order valence-corrected chi connectivity index (χ0v) is 18.6. The van der Waals surface area contributed by atoms with Crippen molar-refractivity contribution < 1.29 is 9.53 Å². The number of fused-ring (bicyclic) bond motifs is 1. The first-order valence-electron chi connectivity index (χ1n) is 10.1. The fraction of sp³-hybridized carbons (Fsp3) is 0.217. The predicted octanol–water partition coefficient (Wildman–Crippen LogP) is 3.19. The molecule has 0 radical (unpaired) electrons. The molecule has 4 aromatic rings. The SMILES string of the molecule is CCc1ccc(OCc2nnc(SCc3cc(=O)c4cc(C(N)=O)ccc4[nH]3)n2C)cc1. The number of carbonyl (C=O) groups excluding carboxylic acids is 1. The predicted molar refractivity (Wildman–Crippen MR) is 124 cm³/mol. The largest absolute Gasteiger partial charge is 0.486 e. The first-order valence-corrected chi connectivity index (χ1v) is 11.1. The highest BCUT2D eigenvalue weighted by atomic mass is 32.2. The van der Waals surface area contributed by atoms with E-state index in [0.717, 1.165) is 23.0 Å². The number of primary amides is 1. The molecule has 8 nitrogen and oxygen atoms in total. The number of aryl methyl sites for hydroxylation is 1. The second-order valence-corrected chi connectivity index (χ2v) is 8.26. The molecule has 2 aromatic heterocycles. The molecule has 3 N–H and O–H groups in total. The Labute approximate surface area is 188 Å². The summed E-state index contributed by atoms with van der Waals surface area (Å²) in [7, 11) is 1.88. The molecule has 0 aliphatic rings. The molecule has 164 valence electrons. The second-order valence-electron chi connectivity index (χ2n) is 7.32. The van der Waals surface area contributed by atoms with Crippen LogP contribution in [0.15, 0.2) is 58.5 Å². The maximum Gasteiger partial charge on any atom is 0.248 e. The van der Waals surface area contributed by atoms with Gasteiger partial charge in [0, 0.05) is 41.0 Å². The van der Waals surface area contributed by atoms with E-state index in [2.05, 4.69) is 22.1 Å². The Hall–Kier alpha value is -3.59. The molecule has 32 heavy (non-hydrogen) atoms. The lowest BCUT2D eigenvalue weighted by molar-refractivity contribution is 0.100. The molecule has 0 fully saturated rings. The van der Waals surface area contributed by atoms with Crippen LogP contribution in [0.5, 0.6) is 5.75 Å². The lowest BCUT2D eigenvalue weighted by Crippen LogP contribution is -2.12. The fourth-order valence-electron chi connectivity index (χ4n) is 3.24. The summed E-state index contributed by atoms with van der Waals surface area (Å²) < 4.78 is 7.70. The highest BCUT2D eigenvalue weighted by Gasteiger charge is 2.12. The van der Waals surface area contributed by atoms with Gasteiger partial charge in [-0.15, -0.1) is 10.2 Å². The van der Waals surface area contributed by atoms with Crippen LogP contribution in [0, 0.1) is 0 Å². The van der Waals surface area contributed by atoms with Gasteiger partial charge in [0.05, 0.1) is 0 Å². The van der Waals surface area contributed by atoms with Crippen molar-refractivity contribution in [1.82, 2.24) is 19.7 Å². The number of aromatic amines is 1. The van der Waals surface area contributed by atoms with Crippen molar-refractivity contribution in [2.24, 2.45) is 12.8 Å². The van der Waals surface area contributed by atoms with Crippen LogP contribution >= 0.6 is 11.8 Å². The molecule has 0 unspecified atom stereocenters. The number of hydrogen-bond acceptors (Lipinski definition) is 6. The van der Waals surface area contributed by atoms with Gasteiger partial charge in [0.1, 0.15) is 12.4 Å². The lowest BCUT2D eigenvalue weighted by atomic mass is 10.1. The number of carbonyl (C=O) groups is 1. The number of nitrogens with two attached hydrogens (primary N) is 1. The number of hydrogen-bond donors (Lipinski definition) is 2. The number of ether oxygens (including phenoxy) is 1. The molecule has 0 bridgehead atoms. The molecule has 0 atom stereocenters. The van der Waals surface area contributed by atoms with Gasteiger partial charge >= 0.3 is 0 Å². The Morgan fingerprint density at radius 2 is 1.94 bits per heavy atom. The molecule has 9 heteroatoms. The summed E-state index contributed by atoms with van der Waals surface area (Å²) in [5, 5.41) is 9.61. The van der Waals surface area contributed by atoms with Crippen LogP contribution in [0.1, 0.15) is 34.4 Å². The van der Waals surface area contributed by atoms with Gasteiger partial charge < -0.3 is 20.0 Å². The summed E-state index contributed by atoms with van der Waals surface area (Å²) >= 11 is 1.46. The summed E-state index contributed by atoms with van der Waals surface area (Å²) in [5.41, 5.74) is 8.10. The smallest absolute Gasteiger partial charge is 0.248 e. The number of aromatic nitrogens is 4. The highest BCUT2D eigenvalue weighted by Crippen LogP contribution is 2.22. The number of pyridine rings is 1. The molecular weight excluding hydrogens is 426 g/mol. The molecular formula is C23H23N5O3S. The number of amides is 1. The summed E-state index contributed by atoms with van der Waals surface area (Å²) in [6.07, 6.45) is 0.987. The van der Waals surface area contributed by atoms with Crippen LogP contribution in [0.3, 0.4) is 0 Å². The number of nitrogens with zero attached hydrogens (tertiary/aromatic N) is 3. The van der Waals surface area contributed by atoms with Crippen molar-refractivity contribution >= 4 is 28.6 Å². The Morgan fingerprint density at radius 1 is 1.16 bits per heavy atom. The van der Waals surface area contributed by atoms with E-state index in [1.54, 1.807) is 12.1 Å². The van der Waals surface area contributed by atoms with Crippen molar-refractivity contribution in [3.63, 3.8) is 0 Å². The number of nitrogens with one attached hydrogen (secondary N) is 1. The van der Waals surface area contributed by atoms with Gasteiger partial charge in [0.25, 0.3) is 0 Å². The van der Waals surface area contributed by atoms with Crippen molar-refractivity contribution in [3.05, 3.63) is 81.4 Å². The summed E-state index contributed by atoms with van der Waals surface area (Å²) in [6.45, 7) is 2.42. The number of rotatable bonds is 8. The van der Waals surface area contributed by atoms with Crippen molar-refractivity contribution in [2.75, 3.05) is 0 Å². The van der Waals surface area contributed by atoms with Gasteiger partial charge in [-0.3, -0.25) is 9.59 Å². The minimum Gasteiger partial charge on any atom is -0.486 e.